The number of rotatable bonds is 5. The predicted octanol–water partition coefficient (Wildman–Crippen LogP) is -1.20. The van der Waals surface area contributed by atoms with Crippen LogP contribution in [0.15, 0.2) is 6.33 Å². The fraction of sp³-hybridized carbons (Fsp3) is 0.571. The maximum absolute atomic E-state index is 11.1. The maximum Gasteiger partial charge on any atom is 0.225 e. The smallest absolute Gasteiger partial charge is 0.225 e. The van der Waals surface area contributed by atoms with Crippen LogP contribution in [-0.4, -0.2) is 35.5 Å². The van der Waals surface area contributed by atoms with Gasteiger partial charge in [-0.25, -0.2) is 13.1 Å². The fourth-order valence-corrected chi connectivity index (χ4v) is 1.67. The molecule has 1 rings (SSSR count). The van der Waals surface area contributed by atoms with Crippen molar-refractivity contribution in [3.8, 4) is 6.07 Å². The molecule has 0 fully saturated rings. The van der Waals surface area contributed by atoms with Crippen LogP contribution < -0.4 is 4.72 Å². The molecule has 82 valence electrons. The van der Waals surface area contributed by atoms with Crippen molar-refractivity contribution in [1.82, 2.24) is 19.5 Å². The van der Waals surface area contributed by atoms with Gasteiger partial charge in [-0.15, -0.1) is 10.2 Å². The van der Waals surface area contributed by atoms with Gasteiger partial charge in [-0.3, -0.25) is 0 Å². The summed E-state index contributed by atoms with van der Waals surface area (Å²) < 4.78 is 26.1. The first-order valence-corrected chi connectivity index (χ1v) is 5.87. The van der Waals surface area contributed by atoms with Gasteiger partial charge in [0.05, 0.1) is 6.07 Å². The molecule has 1 N–H and O–H groups in total. The highest BCUT2D eigenvalue weighted by atomic mass is 32.2. The monoisotopic (exact) mass is 229 g/mol. The molecule has 0 atom stereocenters. The Hall–Kier alpha value is -1.46. The number of hydrogen-bond donors (Lipinski definition) is 1. The van der Waals surface area contributed by atoms with E-state index in [1.165, 1.54) is 0 Å². The lowest BCUT2D eigenvalue weighted by molar-refractivity contribution is 0.583. The number of hydrogen-bond acceptors (Lipinski definition) is 5. The van der Waals surface area contributed by atoms with Gasteiger partial charge < -0.3 is 4.57 Å². The molecule has 0 spiro atoms. The van der Waals surface area contributed by atoms with Gasteiger partial charge in [0.25, 0.3) is 0 Å². The Balaban J connectivity index is 2.41. The molecule has 1 aromatic heterocycles. The number of aryl methyl sites for hydroxylation is 1. The van der Waals surface area contributed by atoms with E-state index in [0.29, 0.717) is 12.2 Å². The highest BCUT2D eigenvalue weighted by Crippen LogP contribution is 1.92. The second-order valence-corrected chi connectivity index (χ2v) is 4.73. The molecule has 0 radical (unpaired) electrons. The van der Waals surface area contributed by atoms with Gasteiger partial charge in [0.2, 0.25) is 10.0 Å². The largest absolute Gasteiger partial charge is 0.321 e. The van der Waals surface area contributed by atoms with Gasteiger partial charge in [0.1, 0.15) is 12.2 Å². The molecule has 1 aromatic rings. The lowest BCUT2D eigenvalue weighted by Gasteiger charge is -2.02. The van der Waals surface area contributed by atoms with Gasteiger partial charge in [-0.2, -0.15) is 5.26 Å². The molecule has 8 heteroatoms. The quantitative estimate of drug-likeness (QED) is 0.683. The summed E-state index contributed by atoms with van der Waals surface area (Å²) in [6.07, 6.45) is 1.99. The zero-order valence-corrected chi connectivity index (χ0v) is 9.03. The van der Waals surface area contributed by atoms with E-state index in [1.54, 1.807) is 24.0 Å². The number of nitrogens with zero attached hydrogens (tertiary/aromatic N) is 4. The van der Waals surface area contributed by atoms with Gasteiger partial charge in [-0.1, -0.05) is 0 Å². The molecular formula is C7H11N5O2S. The topological polar surface area (TPSA) is 101 Å². The molecule has 0 aliphatic rings. The Morgan fingerprint density at radius 1 is 1.67 bits per heavy atom. The van der Waals surface area contributed by atoms with E-state index in [1.807, 2.05) is 0 Å². The first-order chi connectivity index (χ1) is 7.05. The molecule has 0 aromatic carbocycles. The Bertz CT molecular complexity index is 458. The van der Waals surface area contributed by atoms with E-state index in [-0.39, 0.29) is 6.54 Å². The minimum absolute atomic E-state index is 0.219. The first kappa shape index (κ1) is 11.6. The molecule has 0 aliphatic heterocycles. The number of sulfonamides is 1. The van der Waals surface area contributed by atoms with Crippen LogP contribution in [0.25, 0.3) is 0 Å². The summed E-state index contributed by atoms with van der Waals surface area (Å²) in [7, 11) is -1.69. The van der Waals surface area contributed by atoms with Gasteiger partial charge in [0.15, 0.2) is 5.75 Å². The molecule has 0 amide bonds. The summed E-state index contributed by atoms with van der Waals surface area (Å²) in [5.74, 6) is 0.167. The number of nitriles is 1. The van der Waals surface area contributed by atoms with E-state index < -0.39 is 15.8 Å². The van der Waals surface area contributed by atoms with E-state index in [0.717, 1.165) is 0 Å². The highest BCUT2D eigenvalue weighted by molar-refractivity contribution is 7.89. The predicted molar refractivity (Wildman–Crippen MR) is 52.1 cm³/mol. The molecule has 0 bridgehead atoms. The number of nitrogens with one attached hydrogen (secondary N) is 1. The van der Waals surface area contributed by atoms with Crippen molar-refractivity contribution in [3.63, 3.8) is 0 Å². The summed E-state index contributed by atoms with van der Waals surface area (Å²) in [5.41, 5.74) is 0. The standard InChI is InChI=1S/C7H11N5O2S/c1-12-6-9-11-7(12)2-4-10-15(13,14)5-3-8/h6,10H,2,4-5H2,1H3. The Kier molecular flexibility index (Phi) is 3.76. The van der Waals surface area contributed by atoms with Crippen molar-refractivity contribution in [1.29, 1.82) is 5.26 Å². The molecule has 1 heterocycles. The SMILES string of the molecule is Cn1cnnc1CCNS(=O)(=O)CC#N. The van der Waals surface area contributed by atoms with Crippen LogP contribution >= 0.6 is 0 Å². The normalized spacial score (nSPS) is 11.2. The third-order valence-corrected chi connectivity index (χ3v) is 2.88. The van der Waals surface area contributed by atoms with Crippen LogP contribution in [0.2, 0.25) is 0 Å². The molecule has 0 aliphatic carbocycles. The molecule has 0 unspecified atom stereocenters. The highest BCUT2D eigenvalue weighted by Gasteiger charge is 2.09. The van der Waals surface area contributed by atoms with Gasteiger partial charge in [0, 0.05) is 20.0 Å². The van der Waals surface area contributed by atoms with Crippen molar-refractivity contribution < 1.29 is 8.42 Å². The molecule has 7 nitrogen and oxygen atoms in total. The summed E-state index contributed by atoms with van der Waals surface area (Å²) in [6, 6.07) is 1.58. The van der Waals surface area contributed by atoms with E-state index >= 15 is 0 Å². The minimum atomic E-state index is -3.47. The van der Waals surface area contributed by atoms with Crippen molar-refractivity contribution in [2.75, 3.05) is 12.3 Å². The summed E-state index contributed by atoms with van der Waals surface area (Å²) in [5, 5.41) is 15.7. The van der Waals surface area contributed by atoms with Crippen molar-refractivity contribution >= 4 is 10.0 Å². The van der Waals surface area contributed by atoms with Gasteiger partial charge >= 0.3 is 0 Å². The second kappa shape index (κ2) is 4.86. The van der Waals surface area contributed by atoms with E-state index in [4.69, 9.17) is 5.26 Å². The van der Waals surface area contributed by atoms with Crippen LogP contribution in [0, 0.1) is 11.3 Å². The zero-order valence-electron chi connectivity index (χ0n) is 8.21. The number of aromatic nitrogens is 3. The molecule has 0 saturated heterocycles. The fourth-order valence-electron chi connectivity index (χ4n) is 0.988. The summed E-state index contributed by atoms with van der Waals surface area (Å²) >= 11 is 0. The van der Waals surface area contributed by atoms with E-state index in [2.05, 4.69) is 14.9 Å². The lowest BCUT2D eigenvalue weighted by atomic mass is 10.4. The lowest BCUT2D eigenvalue weighted by Crippen LogP contribution is -2.28. The average Bonchev–Trinajstić information content (AvgIpc) is 2.51. The molecule has 15 heavy (non-hydrogen) atoms. The Morgan fingerprint density at radius 3 is 2.93 bits per heavy atom. The average molecular weight is 229 g/mol. The Morgan fingerprint density at radius 2 is 2.40 bits per heavy atom. The second-order valence-electron chi connectivity index (χ2n) is 2.92. The van der Waals surface area contributed by atoms with Gasteiger partial charge in [-0.05, 0) is 0 Å². The zero-order chi connectivity index (χ0) is 11.3. The van der Waals surface area contributed by atoms with Crippen molar-refractivity contribution in [2.24, 2.45) is 7.05 Å². The Labute approximate surface area is 87.8 Å². The van der Waals surface area contributed by atoms with Crippen LogP contribution in [0.1, 0.15) is 5.82 Å². The van der Waals surface area contributed by atoms with E-state index in [9.17, 15) is 8.42 Å². The van der Waals surface area contributed by atoms with Crippen molar-refractivity contribution in [3.05, 3.63) is 12.2 Å². The van der Waals surface area contributed by atoms with Crippen molar-refractivity contribution in [2.45, 2.75) is 6.42 Å². The minimum Gasteiger partial charge on any atom is -0.321 e. The maximum atomic E-state index is 11.1. The first-order valence-electron chi connectivity index (χ1n) is 4.22. The molecule has 0 saturated carbocycles. The third kappa shape index (κ3) is 3.65. The summed E-state index contributed by atoms with van der Waals surface area (Å²) in [4.78, 5) is 0. The van der Waals surface area contributed by atoms with Crippen LogP contribution in [-0.2, 0) is 23.5 Å². The van der Waals surface area contributed by atoms with Crippen LogP contribution in [0.3, 0.4) is 0 Å². The van der Waals surface area contributed by atoms with Crippen LogP contribution in [0.4, 0.5) is 0 Å². The summed E-state index contributed by atoms with van der Waals surface area (Å²) in [6.45, 7) is 0.219. The third-order valence-electron chi connectivity index (χ3n) is 1.73. The molecular weight excluding hydrogens is 218 g/mol. The van der Waals surface area contributed by atoms with Crippen LogP contribution in [0.5, 0.6) is 0 Å².